The summed E-state index contributed by atoms with van der Waals surface area (Å²) in [5.74, 6) is 1.25. The lowest BCUT2D eigenvalue weighted by Crippen LogP contribution is -2.40. The highest BCUT2D eigenvalue weighted by molar-refractivity contribution is 7.07. The molecule has 46 heavy (non-hydrogen) atoms. The van der Waals surface area contributed by atoms with Crippen LogP contribution in [0, 0.1) is 0 Å². The average molecular weight is 638 g/mol. The van der Waals surface area contributed by atoms with E-state index in [2.05, 4.69) is 4.98 Å². The van der Waals surface area contributed by atoms with Crippen molar-refractivity contribution >= 4 is 34.3 Å². The van der Waals surface area contributed by atoms with E-state index in [1.807, 2.05) is 61.5 Å². The second-order valence-electron chi connectivity index (χ2n) is 10.7. The highest BCUT2D eigenvalue weighted by Crippen LogP contribution is 2.39. The number of H-pyrrole nitrogens is 1. The number of aromatic amines is 1. The van der Waals surface area contributed by atoms with Crippen molar-refractivity contribution in [1.82, 2.24) is 9.55 Å². The number of nitrogens with zero attached hydrogens (tertiary/aromatic N) is 2. The Morgan fingerprint density at radius 1 is 0.978 bits per heavy atom. The Morgan fingerprint density at radius 2 is 1.76 bits per heavy atom. The molecule has 3 heterocycles. The van der Waals surface area contributed by atoms with Crippen LogP contribution in [0.1, 0.15) is 43.9 Å². The maximum Gasteiger partial charge on any atom is 0.338 e. The number of rotatable bonds is 10. The van der Waals surface area contributed by atoms with Gasteiger partial charge in [0.1, 0.15) is 23.3 Å². The summed E-state index contributed by atoms with van der Waals surface area (Å²) >= 11 is 1.29. The first-order valence-electron chi connectivity index (χ1n) is 15.1. The van der Waals surface area contributed by atoms with Crippen LogP contribution in [-0.2, 0) is 9.53 Å². The van der Waals surface area contributed by atoms with Gasteiger partial charge < -0.3 is 23.9 Å². The Bertz CT molecular complexity index is 2140. The minimum Gasteiger partial charge on any atom is -0.497 e. The van der Waals surface area contributed by atoms with Gasteiger partial charge in [-0.25, -0.2) is 9.79 Å². The van der Waals surface area contributed by atoms with E-state index in [0.717, 1.165) is 34.1 Å². The third-order valence-electron chi connectivity index (χ3n) is 8.02. The van der Waals surface area contributed by atoms with Crippen LogP contribution in [0.15, 0.2) is 87.8 Å². The van der Waals surface area contributed by atoms with Gasteiger partial charge in [0, 0.05) is 16.5 Å². The summed E-state index contributed by atoms with van der Waals surface area (Å²) < 4.78 is 24.6. The van der Waals surface area contributed by atoms with Crippen LogP contribution in [0.25, 0.3) is 28.2 Å². The molecule has 0 spiro atoms. The third kappa shape index (κ3) is 5.38. The molecule has 10 heteroatoms. The first kappa shape index (κ1) is 30.9. The van der Waals surface area contributed by atoms with Gasteiger partial charge in [-0.15, -0.1) is 0 Å². The summed E-state index contributed by atoms with van der Waals surface area (Å²) in [7, 11) is 4.77. The molecule has 1 aliphatic rings. The van der Waals surface area contributed by atoms with Gasteiger partial charge in [0.15, 0.2) is 4.80 Å². The molecule has 9 nitrogen and oxygen atoms in total. The molecule has 1 atom stereocenters. The SMILES string of the molecule is CCCC1=C(C(=O)OCC)[C@@H](c2cc(OC)ccc2OC)n2c(s/c(=C\c3c(-c4ccccc4)[nH]c4c(OC)cccc34)c2=O)=N1. The van der Waals surface area contributed by atoms with Crippen molar-refractivity contribution < 1.29 is 23.7 Å². The van der Waals surface area contributed by atoms with E-state index in [1.54, 1.807) is 51.0 Å². The van der Waals surface area contributed by atoms with E-state index in [4.69, 9.17) is 23.9 Å². The number of carbonyl (C=O) groups excluding carboxylic acids is 1. The van der Waals surface area contributed by atoms with Crippen LogP contribution in [0.5, 0.6) is 17.2 Å². The van der Waals surface area contributed by atoms with Crippen molar-refractivity contribution in [3.8, 4) is 28.5 Å². The van der Waals surface area contributed by atoms with Crippen molar-refractivity contribution in [3.05, 3.63) is 109 Å². The number of methoxy groups -OCH3 is 3. The van der Waals surface area contributed by atoms with Gasteiger partial charge in [-0.1, -0.05) is 67.1 Å². The van der Waals surface area contributed by atoms with E-state index in [-0.39, 0.29) is 12.2 Å². The molecule has 6 rings (SSSR count). The number of para-hydroxylation sites is 1. The number of thiazole rings is 1. The predicted octanol–water partition coefficient (Wildman–Crippen LogP) is 5.75. The molecule has 0 fully saturated rings. The molecule has 0 radical (unpaired) electrons. The van der Waals surface area contributed by atoms with Gasteiger partial charge in [0.2, 0.25) is 0 Å². The summed E-state index contributed by atoms with van der Waals surface area (Å²) in [6, 6.07) is 20.3. The largest absolute Gasteiger partial charge is 0.497 e. The maximum atomic E-state index is 14.6. The standard InChI is InChI=1S/C36H35N3O6S/c1-6-12-26-30(35(41)45-7-2)33(25-19-22(42-3)17-18-27(25)43-4)39-34(40)29(46-36(39)37-26)20-24-23-15-11-16-28(44-5)32(23)38-31(24)21-13-9-8-10-14-21/h8-11,13-20,33,38H,6-7,12H2,1-5H3/b29-20-/t33-/m1/s1. The summed E-state index contributed by atoms with van der Waals surface area (Å²) in [6.45, 7) is 3.97. The van der Waals surface area contributed by atoms with Gasteiger partial charge in [-0.3, -0.25) is 9.36 Å². The van der Waals surface area contributed by atoms with E-state index in [1.165, 1.54) is 11.3 Å². The van der Waals surface area contributed by atoms with Crippen LogP contribution in [0.4, 0.5) is 0 Å². The van der Waals surface area contributed by atoms with Crippen molar-refractivity contribution in [2.24, 2.45) is 4.99 Å². The first-order chi connectivity index (χ1) is 22.4. The highest BCUT2D eigenvalue weighted by atomic mass is 32.1. The molecule has 0 amide bonds. The molecule has 0 saturated carbocycles. The van der Waals surface area contributed by atoms with Crippen LogP contribution in [-0.4, -0.2) is 43.5 Å². The van der Waals surface area contributed by atoms with Crippen molar-refractivity contribution in [2.45, 2.75) is 32.7 Å². The molecule has 236 valence electrons. The Balaban J connectivity index is 1.67. The second-order valence-corrected chi connectivity index (χ2v) is 11.7. The van der Waals surface area contributed by atoms with Crippen LogP contribution >= 0.6 is 11.3 Å². The normalized spacial score (nSPS) is 14.6. The molecular formula is C36H35N3O6S. The molecule has 5 aromatic rings. The van der Waals surface area contributed by atoms with Crippen LogP contribution in [0.2, 0.25) is 0 Å². The van der Waals surface area contributed by atoms with Gasteiger partial charge in [-0.2, -0.15) is 0 Å². The summed E-state index contributed by atoms with van der Waals surface area (Å²) in [5, 5.41) is 0.911. The molecule has 2 aromatic heterocycles. The van der Waals surface area contributed by atoms with Crippen molar-refractivity contribution in [3.63, 3.8) is 0 Å². The number of hydrogen-bond donors (Lipinski definition) is 1. The minimum absolute atomic E-state index is 0.181. The quantitative estimate of drug-likeness (QED) is 0.196. The van der Waals surface area contributed by atoms with Crippen LogP contribution < -0.4 is 29.1 Å². The molecule has 0 unspecified atom stereocenters. The maximum absolute atomic E-state index is 14.6. The molecule has 1 N–H and O–H groups in total. The number of aromatic nitrogens is 2. The summed E-state index contributed by atoms with van der Waals surface area (Å²) in [5.41, 5.74) is 4.72. The number of nitrogens with one attached hydrogen (secondary N) is 1. The highest BCUT2D eigenvalue weighted by Gasteiger charge is 2.36. The van der Waals surface area contributed by atoms with E-state index in [0.29, 0.717) is 49.8 Å². The Labute approximate surface area is 270 Å². The summed E-state index contributed by atoms with van der Waals surface area (Å²) in [4.78, 5) is 37.2. The second kappa shape index (κ2) is 13.1. The topological polar surface area (TPSA) is 104 Å². The van der Waals surface area contributed by atoms with Crippen LogP contribution in [0.3, 0.4) is 0 Å². The monoisotopic (exact) mass is 637 g/mol. The smallest absolute Gasteiger partial charge is 0.338 e. The van der Waals surface area contributed by atoms with Gasteiger partial charge in [-0.05, 0) is 49.2 Å². The fourth-order valence-electron chi connectivity index (χ4n) is 5.96. The zero-order valence-electron chi connectivity index (χ0n) is 26.4. The lowest BCUT2D eigenvalue weighted by Gasteiger charge is -2.27. The first-order valence-corrected chi connectivity index (χ1v) is 15.9. The molecule has 1 aliphatic heterocycles. The Morgan fingerprint density at radius 3 is 2.46 bits per heavy atom. The fourth-order valence-corrected chi connectivity index (χ4v) is 6.97. The molecular weight excluding hydrogens is 602 g/mol. The minimum atomic E-state index is -0.847. The number of ether oxygens (including phenoxy) is 4. The number of fused-ring (bicyclic) bond motifs is 2. The third-order valence-corrected chi connectivity index (χ3v) is 9.00. The average Bonchev–Trinajstić information content (AvgIpc) is 3.61. The molecule has 3 aromatic carbocycles. The zero-order chi connectivity index (χ0) is 32.4. The number of hydrogen-bond acceptors (Lipinski definition) is 8. The lowest BCUT2D eigenvalue weighted by molar-refractivity contribution is -0.139. The number of allylic oxidation sites excluding steroid dienone is 1. The van der Waals surface area contributed by atoms with Crippen molar-refractivity contribution in [2.75, 3.05) is 27.9 Å². The number of esters is 1. The predicted molar refractivity (Wildman–Crippen MR) is 179 cm³/mol. The summed E-state index contributed by atoms with van der Waals surface area (Å²) in [6.07, 6.45) is 3.18. The van der Waals surface area contributed by atoms with E-state index >= 15 is 0 Å². The van der Waals surface area contributed by atoms with Gasteiger partial charge in [0.25, 0.3) is 5.56 Å². The van der Waals surface area contributed by atoms with Crippen molar-refractivity contribution in [1.29, 1.82) is 0 Å². The van der Waals surface area contributed by atoms with Gasteiger partial charge in [0.05, 0.1) is 54.9 Å². The molecule has 0 aliphatic carbocycles. The number of benzene rings is 3. The zero-order valence-corrected chi connectivity index (χ0v) is 27.2. The Kier molecular flexibility index (Phi) is 8.81. The molecule has 0 bridgehead atoms. The van der Waals surface area contributed by atoms with E-state index in [9.17, 15) is 9.59 Å². The molecule has 0 saturated heterocycles. The fraction of sp³-hybridized carbons (Fsp3) is 0.250. The Hall–Kier alpha value is -5.09. The lowest BCUT2D eigenvalue weighted by atomic mass is 9.93. The van der Waals surface area contributed by atoms with E-state index < -0.39 is 12.0 Å². The van der Waals surface area contributed by atoms with Gasteiger partial charge >= 0.3 is 5.97 Å². The number of carbonyl (C=O) groups is 1.